The molecule has 0 saturated carbocycles. The Morgan fingerprint density at radius 1 is 1.19 bits per heavy atom. The highest BCUT2D eigenvalue weighted by molar-refractivity contribution is 6.04. The van der Waals surface area contributed by atoms with E-state index >= 15 is 0 Å². The van der Waals surface area contributed by atoms with Gasteiger partial charge in [0.05, 0.1) is 7.11 Å². The van der Waals surface area contributed by atoms with Gasteiger partial charge in [0.15, 0.2) is 0 Å². The molecule has 2 aromatic rings. The Labute approximate surface area is 156 Å². The van der Waals surface area contributed by atoms with Gasteiger partial charge in [0.1, 0.15) is 11.3 Å². The number of anilines is 1. The number of carbonyl (C=O) groups is 3. The van der Waals surface area contributed by atoms with Crippen LogP contribution in [0.15, 0.2) is 42.5 Å². The van der Waals surface area contributed by atoms with Crippen molar-refractivity contribution in [3.8, 4) is 5.75 Å². The van der Waals surface area contributed by atoms with Crippen LogP contribution in [0.3, 0.4) is 0 Å². The van der Waals surface area contributed by atoms with E-state index in [0.29, 0.717) is 24.2 Å². The van der Waals surface area contributed by atoms with Gasteiger partial charge in [-0.3, -0.25) is 9.59 Å². The zero-order valence-corrected chi connectivity index (χ0v) is 14.9. The van der Waals surface area contributed by atoms with Crippen molar-refractivity contribution in [1.29, 1.82) is 0 Å². The number of amides is 2. The normalized spacial score (nSPS) is 13.5. The molecule has 3 rings (SSSR count). The summed E-state index contributed by atoms with van der Waals surface area (Å²) in [5.74, 6) is -1.08. The molecule has 0 aromatic heterocycles. The van der Waals surface area contributed by atoms with Gasteiger partial charge in [-0.05, 0) is 36.2 Å². The summed E-state index contributed by atoms with van der Waals surface area (Å²) in [6.45, 7) is 1.32. The summed E-state index contributed by atoms with van der Waals surface area (Å²) < 4.78 is 5.06. The highest BCUT2D eigenvalue weighted by Crippen LogP contribution is 2.24. The van der Waals surface area contributed by atoms with E-state index in [1.54, 1.807) is 12.1 Å². The number of hydrogen-bond donors (Lipinski definition) is 2. The fraction of sp³-hybridized carbons (Fsp3) is 0.250. The average Bonchev–Trinajstić information content (AvgIpc) is 3.06. The van der Waals surface area contributed by atoms with Crippen molar-refractivity contribution in [1.82, 2.24) is 4.90 Å². The molecule has 1 saturated heterocycles. The average molecular weight is 368 g/mol. The summed E-state index contributed by atoms with van der Waals surface area (Å²) in [6, 6.07) is 11.4. The third kappa shape index (κ3) is 4.25. The number of nitrogens with zero attached hydrogens (tertiary/aromatic N) is 1. The van der Waals surface area contributed by atoms with E-state index in [1.807, 2.05) is 17.0 Å². The number of nitrogens with one attached hydrogen (secondary N) is 1. The van der Waals surface area contributed by atoms with E-state index in [9.17, 15) is 14.4 Å². The van der Waals surface area contributed by atoms with Crippen LogP contribution < -0.4 is 10.1 Å². The molecule has 1 aliphatic rings. The number of methoxy groups -OCH3 is 1. The van der Waals surface area contributed by atoms with Crippen molar-refractivity contribution in [2.45, 2.75) is 19.4 Å². The van der Waals surface area contributed by atoms with Crippen LogP contribution in [-0.4, -0.2) is 41.4 Å². The van der Waals surface area contributed by atoms with E-state index in [2.05, 4.69) is 5.32 Å². The van der Waals surface area contributed by atoms with E-state index in [0.717, 1.165) is 18.5 Å². The van der Waals surface area contributed by atoms with Gasteiger partial charge in [0.2, 0.25) is 5.91 Å². The third-order valence-electron chi connectivity index (χ3n) is 4.45. The Balaban J connectivity index is 1.67. The molecule has 2 aromatic carbocycles. The number of likely N-dealkylation sites (tertiary alicyclic amines) is 1. The topological polar surface area (TPSA) is 95.9 Å². The summed E-state index contributed by atoms with van der Waals surface area (Å²) in [5.41, 5.74) is 1.90. The van der Waals surface area contributed by atoms with Crippen molar-refractivity contribution >= 4 is 23.5 Å². The maximum atomic E-state index is 12.4. The second-order valence-corrected chi connectivity index (χ2v) is 6.29. The van der Waals surface area contributed by atoms with Gasteiger partial charge in [0.25, 0.3) is 5.91 Å². The van der Waals surface area contributed by atoms with Gasteiger partial charge in [-0.25, -0.2) is 4.79 Å². The molecule has 2 N–H and O–H groups in total. The monoisotopic (exact) mass is 368 g/mol. The zero-order chi connectivity index (χ0) is 19.4. The fourth-order valence-corrected chi connectivity index (χ4v) is 3.00. The molecule has 0 unspecified atom stereocenters. The van der Waals surface area contributed by atoms with Crippen LogP contribution in [0.1, 0.15) is 39.1 Å². The summed E-state index contributed by atoms with van der Waals surface area (Å²) >= 11 is 0. The number of benzene rings is 2. The first-order chi connectivity index (χ1) is 13.0. The SMILES string of the molecule is COc1cc(NC(=O)c2ccc(CN3CCCC3=O)cc2)ccc1C(=O)O. The molecule has 0 aliphatic carbocycles. The summed E-state index contributed by atoms with van der Waals surface area (Å²) in [6.07, 6.45) is 1.49. The molecule has 1 heterocycles. The van der Waals surface area contributed by atoms with Crippen molar-refractivity contribution < 1.29 is 24.2 Å². The van der Waals surface area contributed by atoms with Gasteiger partial charge in [-0.1, -0.05) is 12.1 Å². The summed E-state index contributed by atoms with van der Waals surface area (Å²) in [4.78, 5) is 37.0. The van der Waals surface area contributed by atoms with E-state index in [1.165, 1.54) is 25.3 Å². The van der Waals surface area contributed by atoms with Crippen LogP contribution in [-0.2, 0) is 11.3 Å². The number of ether oxygens (including phenoxy) is 1. The quantitative estimate of drug-likeness (QED) is 0.817. The zero-order valence-electron chi connectivity index (χ0n) is 14.9. The lowest BCUT2D eigenvalue weighted by Gasteiger charge is -2.15. The van der Waals surface area contributed by atoms with Crippen LogP contribution in [0, 0.1) is 0 Å². The summed E-state index contributed by atoms with van der Waals surface area (Å²) in [5, 5.41) is 11.8. The molecular weight excluding hydrogens is 348 g/mol. The van der Waals surface area contributed by atoms with Crippen molar-refractivity contribution in [2.24, 2.45) is 0 Å². The van der Waals surface area contributed by atoms with Crippen LogP contribution in [0.2, 0.25) is 0 Å². The van der Waals surface area contributed by atoms with E-state index < -0.39 is 5.97 Å². The van der Waals surface area contributed by atoms with Gasteiger partial charge in [-0.2, -0.15) is 0 Å². The largest absolute Gasteiger partial charge is 0.496 e. The minimum atomic E-state index is -1.10. The van der Waals surface area contributed by atoms with Gasteiger partial charge in [-0.15, -0.1) is 0 Å². The lowest BCUT2D eigenvalue weighted by atomic mass is 10.1. The minimum Gasteiger partial charge on any atom is -0.496 e. The fourth-order valence-electron chi connectivity index (χ4n) is 3.00. The van der Waals surface area contributed by atoms with Crippen LogP contribution in [0.4, 0.5) is 5.69 Å². The maximum Gasteiger partial charge on any atom is 0.339 e. The molecule has 0 bridgehead atoms. The number of carboxylic acid groups (broad SMARTS) is 1. The van der Waals surface area contributed by atoms with Crippen molar-refractivity contribution in [3.05, 3.63) is 59.2 Å². The second kappa shape index (κ2) is 7.90. The third-order valence-corrected chi connectivity index (χ3v) is 4.45. The lowest BCUT2D eigenvalue weighted by molar-refractivity contribution is -0.128. The van der Waals surface area contributed by atoms with Gasteiger partial charge < -0.3 is 20.1 Å². The molecule has 0 radical (unpaired) electrons. The lowest BCUT2D eigenvalue weighted by Crippen LogP contribution is -2.23. The van der Waals surface area contributed by atoms with E-state index in [4.69, 9.17) is 9.84 Å². The molecular formula is C20H20N2O5. The highest BCUT2D eigenvalue weighted by atomic mass is 16.5. The Morgan fingerprint density at radius 2 is 1.93 bits per heavy atom. The molecule has 1 fully saturated rings. The first-order valence-corrected chi connectivity index (χ1v) is 8.57. The maximum absolute atomic E-state index is 12.4. The molecule has 0 spiro atoms. The van der Waals surface area contributed by atoms with E-state index in [-0.39, 0.29) is 23.1 Å². The standard InChI is InChI=1S/C20H20N2O5/c1-27-17-11-15(8-9-16(17)20(25)26)21-19(24)14-6-4-13(5-7-14)12-22-10-2-3-18(22)23/h4-9,11H,2-3,10,12H2,1H3,(H,21,24)(H,25,26). The Hall–Kier alpha value is -3.35. The van der Waals surface area contributed by atoms with Gasteiger partial charge in [0, 0.05) is 36.8 Å². The number of aromatic carboxylic acids is 1. The number of hydrogen-bond acceptors (Lipinski definition) is 4. The highest BCUT2D eigenvalue weighted by Gasteiger charge is 2.20. The number of carboxylic acids is 1. The second-order valence-electron chi connectivity index (χ2n) is 6.29. The van der Waals surface area contributed by atoms with Gasteiger partial charge >= 0.3 is 5.97 Å². The molecule has 0 atom stereocenters. The van der Waals surface area contributed by atoms with Crippen LogP contribution >= 0.6 is 0 Å². The Bertz CT molecular complexity index is 876. The predicted octanol–water partition coefficient (Wildman–Crippen LogP) is 2.77. The molecule has 140 valence electrons. The van der Waals surface area contributed by atoms with Crippen molar-refractivity contribution in [2.75, 3.05) is 19.0 Å². The Kier molecular flexibility index (Phi) is 5.40. The Morgan fingerprint density at radius 3 is 2.52 bits per heavy atom. The minimum absolute atomic E-state index is 0.0244. The first kappa shape index (κ1) is 18.4. The number of rotatable bonds is 6. The molecule has 7 nitrogen and oxygen atoms in total. The smallest absolute Gasteiger partial charge is 0.339 e. The summed E-state index contributed by atoms with van der Waals surface area (Å²) in [7, 11) is 1.37. The van der Waals surface area contributed by atoms with Crippen molar-refractivity contribution in [3.63, 3.8) is 0 Å². The van der Waals surface area contributed by atoms with Crippen LogP contribution in [0.25, 0.3) is 0 Å². The van der Waals surface area contributed by atoms with Crippen LogP contribution in [0.5, 0.6) is 5.75 Å². The molecule has 27 heavy (non-hydrogen) atoms. The number of carbonyl (C=O) groups excluding carboxylic acids is 2. The molecule has 7 heteroatoms. The molecule has 2 amide bonds. The molecule has 1 aliphatic heterocycles. The first-order valence-electron chi connectivity index (χ1n) is 8.57. The predicted molar refractivity (Wildman–Crippen MR) is 99.0 cm³/mol.